The van der Waals surface area contributed by atoms with E-state index >= 15 is 0 Å². The van der Waals surface area contributed by atoms with Crippen molar-refractivity contribution in [2.45, 2.75) is 0 Å². The van der Waals surface area contributed by atoms with Crippen molar-refractivity contribution in [1.82, 2.24) is 9.97 Å². The van der Waals surface area contributed by atoms with Crippen molar-refractivity contribution in [3.63, 3.8) is 0 Å². The second kappa shape index (κ2) is 8.95. The van der Waals surface area contributed by atoms with Crippen molar-refractivity contribution in [1.29, 1.82) is 0 Å². The minimum absolute atomic E-state index is 1.02. The van der Waals surface area contributed by atoms with Crippen molar-refractivity contribution in [2.24, 2.45) is 0 Å². The predicted octanol–water partition coefficient (Wildman–Crippen LogP) is 10.7. The first-order chi connectivity index (χ1) is 20.8. The van der Waals surface area contributed by atoms with Gasteiger partial charge in [-0.2, -0.15) is 0 Å². The van der Waals surface area contributed by atoms with Gasteiger partial charge in [0.25, 0.3) is 0 Å². The Hall–Kier alpha value is -5.60. The molecule has 0 aliphatic rings. The Morgan fingerprint density at radius 3 is 1.48 bits per heavy atom. The summed E-state index contributed by atoms with van der Waals surface area (Å²) < 4.78 is 0. The van der Waals surface area contributed by atoms with Crippen molar-refractivity contribution in [3.05, 3.63) is 146 Å². The summed E-state index contributed by atoms with van der Waals surface area (Å²) in [5.74, 6) is 0. The SMILES string of the molecule is c1cc(-c2ccc3ncccc3c2)cc(-c2ccc3ccc4c(-c5ccc6ncccc6c5)ccc5ccc2c3c54)c1. The number of hydrogen-bond donors (Lipinski definition) is 0. The third kappa shape index (κ3) is 3.52. The standard InChI is InChI=1S/C40H24N2/c1-4-27(28-12-18-37-31(23-28)6-2-20-41-37)22-29(5-1)33-14-8-25-11-17-36-34(15-9-26-10-16-35(33)39(25)40(26)36)30-13-19-38-32(24-30)7-3-21-42-38/h1-24H. The molecular formula is C40H24N2. The lowest BCUT2D eigenvalue weighted by molar-refractivity contribution is 1.41. The zero-order valence-electron chi connectivity index (χ0n) is 22.8. The Bertz CT molecular complexity index is 2470. The van der Waals surface area contributed by atoms with Gasteiger partial charge in [-0.05, 0) is 108 Å². The summed E-state index contributed by atoms with van der Waals surface area (Å²) in [6.45, 7) is 0. The zero-order chi connectivity index (χ0) is 27.6. The van der Waals surface area contributed by atoms with E-state index in [1.54, 1.807) is 0 Å². The van der Waals surface area contributed by atoms with Crippen LogP contribution >= 0.6 is 0 Å². The lowest BCUT2D eigenvalue weighted by atomic mass is 9.87. The fraction of sp³-hybridized carbons (Fsp3) is 0. The first-order valence-electron chi connectivity index (χ1n) is 14.3. The zero-order valence-corrected chi connectivity index (χ0v) is 22.8. The van der Waals surface area contributed by atoms with E-state index in [4.69, 9.17) is 0 Å². The van der Waals surface area contributed by atoms with Gasteiger partial charge in [0.1, 0.15) is 0 Å². The molecule has 0 radical (unpaired) electrons. The molecule has 0 aliphatic heterocycles. The van der Waals surface area contributed by atoms with Gasteiger partial charge in [-0.1, -0.05) is 91.0 Å². The molecule has 42 heavy (non-hydrogen) atoms. The summed E-state index contributed by atoms with van der Waals surface area (Å²) in [4.78, 5) is 9.01. The smallest absolute Gasteiger partial charge is 0.0702 e. The minimum Gasteiger partial charge on any atom is -0.256 e. The van der Waals surface area contributed by atoms with Crippen LogP contribution in [0.4, 0.5) is 0 Å². The van der Waals surface area contributed by atoms with Crippen LogP contribution < -0.4 is 0 Å². The maximum atomic E-state index is 4.52. The number of aromatic nitrogens is 2. The molecule has 194 valence electrons. The quantitative estimate of drug-likeness (QED) is 0.212. The fourth-order valence-corrected chi connectivity index (χ4v) is 6.67. The molecule has 2 aromatic heterocycles. The van der Waals surface area contributed by atoms with Gasteiger partial charge in [-0.25, -0.2) is 0 Å². The molecule has 9 aromatic rings. The van der Waals surface area contributed by atoms with Gasteiger partial charge in [-0.15, -0.1) is 0 Å². The van der Waals surface area contributed by atoms with E-state index in [0.29, 0.717) is 0 Å². The fourth-order valence-electron chi connectivity index (χ4n) is 6.67. The van der Waals surface area contributed by atoms with Crippen LogP contribution in [0.25, 0.3) is 87.5 Å². The number of rotatable bonds is 3. The summed E-state index contributed by atoms with van der Waals surface area (Å²) in [7, 11) is 0. The van der Waals surface area contributed by atoms with E-state index in [0.717, 1.165) is 21.8 Å². The lowest BCUT2D eigenvalue weighted by Crippen LogP contribution is -1.90. The number of fused-ring (bicyclic) bond motifs is 2. The van der Waals surface area contributed by atoms with Crippen LogP contribution in [0.1, 0.15) is 0 Å². The second-order valence-corrected chi connectivity index (χ2v) is 11.1. The summed E-state index contributed by atoms with van der Waals surface area (Å²) >= 11 is 0. The summed E-state index contributed by atoms with van der Waals surface area (Å²) in [5.41, 5.74) is 9.38. The van der Waals surface area contributed by atoms with Crippen LogP contribution in [0, 0.1) is 0 Å². The monoisotopic (exact) mass is 532 g/mol. The van der Waals surface area contributed by atoms with Gasteiger partial charge in [0, 0.05) is 23.2 Å². The van der Waals surface area contributed by atoms with E-state index in [1.165, 1.54) is 65.7 Å². The molecule has 0 fully saturated rings. The van der Waals surface area contributed by atoms with E-state index in [-0.39, 0.29) is 0 Å². The maximum absolute atomic E-state index is 4.52. The molecule has 0 aliphatic carbocycles. The van der Waals surface area contributed by atoms with Crippen molar-refractivity contribution >= 4 is 54.1 Å². The molecule has 0 spiro atoms. The molecule has 2 heteroatoms. The molecule has 2 nitrogen and oxygen atoms in total. The Morgan fingerprint density at radius 1 is 0.333 bits per heavy atom. The molecule has 0 bridgehead atoms. The van der Waals surface area contributed by atoms with Crippen molar-refractivity contribution in [3.8, 4) is 33.4 Å². The molecule has 0 N–H and O–H groups in total. The first-order valence-corrected chi connectivity index (χ1v) is 14.3. The molecule has 0 amide bonds. The largest absolute Gasteiger partial charge is 0.256 e. The van der Waals surface area contributed by atoms with E-state index in [1.807, 2.05) is 24.5 Å². The molecule has 0 saturated heterocycles. The highest BCUT2D eigenvalue weighted by molar-refractivity contribution is 6.27. The highest BCUT2D eigenvalue weighted by Gasteiger charge is 2.15. The summed E-state index contributed by atoms with van der Waals surface area (Å²) in [5, 5.41) is 10.1. The van der Waals surface area contributed by atoms with E-state index in [2.05, 4.69) is 131 Å². The normalized spacial score (nSPS) is 11.8. The predicted molar refractivity (Wildman–Crippen MR) is 177 cm³/mol. The van der Waals surface area contributed by atoms with E-state index < -0.39 is 0 Å². The molecular weight excluding hydrogens is 508 g/mol. The molecule has 2 heterocycles. The minimum atomic E-state index is 1.02. The highest BCUT2D eigenvalue weighted by atomic mass is 14.6. The number of benzene rings is 7. The molecule has 7 aromatic carbocycles. The molecule has 9 rings (SSSR count). The molecule has 0 unspecified atom stereocenters. The highest BCUT2D eigenvalue weighted by Crippen LogP contribution is 2.43. The average molecular weight is 533 g/mol. The van der Waals surface area contributed by atoms with Crippen molar-refractivity contribution in [2.75, 3.05) is 0 Å². The van der Waals surface area contributed by atoms with Crippen LogP contribution in [0.5, 0.6) is 0 Å². The van der Waals surface area contributed by atoms with Crippen LogP contribution in [-0.4, -0.2) is 9.97 Å². The first kappa shape index (κ1) is 23.1. The Morgan fingerprint density at radius 2 is 0.833 bits per heavy atom. The van der Waals surface area contributed by atoms with E-state index in [9.17, 15) is 0 Å². The maximum Gasteiger partial charge on any atom is 0.0702 e. The second-order valence-electron chi connectivity index (χ2n) is 11.1. The number of nitrogens with zero attached hydrogens (tertiary/aromatic N) is 2. The third-order valence-corrected chi connectivity index (χ3v) is 8.69. The third-order valence-electron chi connectivity index (χ3n) is 8.69. The van der Waals surface area contributed by atoms with Gasteiger partial charge in [0.15, 0.2) is 0 Å². The van der Waals surface area contributed by atoms with Gasteiger partial charge >= 0.3 is 0 Å². The Labute approximate surface area is 242 Å². The number of pyridine rings is 2. The topological polar surface area (TPSA) is 25.8 Å². The van der Waals surface area contributed by atoms with Gasteiger partial charge in [0.05, 0.1) is 11.0 Å². The van der Waals surface area contributed by atoms with Gasteiger partial charge in [-0.3, -0.25) is 9.97 Å². The van der Waals surface area contributed by atoms with Crippen LogP contribution in [0.2, 0.25) is 0 Å². The van der Waals surface area contributed by atoms with Crippen LogP contribution in [0.3, 0.4) is 0 Å². The number of hydrogen-bond acceptors (Lipinski definition) is 2. The Kier molecular flexibility index (Phi) is 4.93. The average Bonchev–Trinajstić information content (AvgIpc) is 3.06. The van der Waals surface area contributed by atoms with Gasteiger partial charge in [0.2, 0.25) is 0 Å². The summed E-state index contributed by atoms with van der Waals surface area (Å²) in [6, 6.07) is 48.5. The Balaban J connectivity index is 1.24. The van der Waals surface area contributed by atoms with Crippen LogP contribution in [-0.2, 0) is 0 Å². The molecule has 0 saturated carbocycles. The lowest BCUT2D eigenvalue weighted by Gasteiger charge is -2.17. The summed E-state index contributed by atoms with van der Waals surface area (Å²) in [6.07, 6.45) is 3.70. The molecule has 0 atom stereocenters. The van der Waals surface area contributed by atoms with Crippen molar-refractivity contribution < 1.29 is 0 Å². The van der Waals surface area contributed by atoms with Gasteiger partial charge < -0.3 is 0 Å². The van der Waals surface area contributed by atoms with Crippen LogP contribution in [0.15, 0.2) is 146 Å².